The largest absolute Gasteiger partial charge is 0.462 e. The number of H-pyrrole nitrogens is 2. The van der Waals surface area contributed by atoms with Gasteiger partial charge >= 0.3 is 11.7 Å². The summed E-state index contributed by atoms with van der Waals surface area (Å²) in [5, 5.41) is 3.39. The van der Waals surface area contributed by atoms with E-state index in [1.54, 1.807) is 19.1 Å². The molecule has 0 spiro atoms. The van der Waals surface area contributed by atoms with Crippen LogP contribution in [0, 0.1) is 0 Å². The zero-order valence-corrected chi connectivity index (χ0v) is 15.6. The lowest BCUT2D eigenvalue weighted by Gasteiger charge is -2.34. The number of nitrogens with one attached hydrogen (secondary N) is 3. The number of fused-ring (bicyclic) bond motifs is 1. The first-order valence-electron chi connectivity index (χ1n) is 9.40. The molecule has 1 aromatic heterocycles. The van der Waals surface area contributed by atoms with E-state index in [2.05, 4.69) is 25.1 Å². The van der Waals surface area contributed by atoms with Crippen LogP contribution in [0.5, 0.6) is 0 Å². The fourth-order valence-electron chi connectivity index (χ4n) is 3.98. The van der Waals surface area contributed by atoms with Crippen LogP contribution >= 0.6 is 0 Å². The molecule has 0 bridgehead atoms. The first-order chi connectivity index (χ1) is 13.6. The molecule has 28 heavy (non-hydrogen) atoms. The minimum absolute atomic E-state index is 0.245. The summed E-state index contributed by atoms with van der Waals surface area (Å²) in [6.07, 6.45) is 1.21. The number of carbonyl (C=O) groups excluding carboxylic acids is 1. The molecular formula is C19H23N5O4. The summed E-state index contributed by atoms with van der Waals surface area (Å²) in [6, 6.07) is 7.44. The molecule has 4 rings (SSSR count). The Bertz CT molecular complexity index is 967. The van der Waals surface area contributed by atoms with E-state index in [-0.39, 0.29) is 23.7 Å². The van der Waals surface area contributed by atoms with Crippen molar-refractivity contribution < 1.29 is 9.53 Å². The average Bonchev–Trinajstić information content (AvgIpc) is 3.08. The van der Waals surface area contributed by atoms with Gasteiger partial charge in [0.05, 0.1) is 17.7 Å². The van der Waals surface area contributed by atoms with Crippen LogP contribution in [0.3, 0.4) is 0 Å². The molecular weight excluding hydrogens is 362 g/mol. The third kappa shape index (κ3) is 3.34. The summed E-state index contributed by atoms with van der Waals surface area (Å²) in [4.78, 5) is 45.2. The van der Waals surface area contributed by atoms with Crippen LogP contribution in [0.2, 0.25) is 0 Å². The second-order valence-corrected chi connectivity index (χ2v) is 6.92. The van der Waals surface area contributed by atoms with E-state index < -0.39 is 5.69 Å². The third-order valence-corrected chi connectivity index (χ3v) is 5.25. The zero-order chi connectivity index (χ0) is 19.7. The SMILES string of the molecule is CCOC(=O)c1ccc(N2CC3CNCCN3C2c2c[nH]c(=O)[nH]c2=O)cc1. The summed E-state index contributed by atoms with van der Waals surface area (Å²) in [7, 11) is 0. The van der Waals surface area contributed by atoms with Gasteiger partial charge in [0, 0.05) is 44.1 Å². The number of anilines is 1. The molecule has 2 fully saturated rings. The second kappa shape index (κ2) is 7.61. The summed E-state index contributed by atoms with van der Waals surface area (Å²) in [6.45, 7) is 5.29. The van der Waals surface area contributed by atoms with Crippen molar-refractivity contribution in [1.82, 2.24) is 20.2 Å². The highest BCUT2D eigenvalue weighted by Crippen LogP contribution is 2.36. The molecule has 2 aromatic rings. The standard InChI is InChI=1S/C19H23N5O4/c1-2-28-18(26)12-3-5-13(6-4-12)24-11-14-9-20-7-8-23(14)17(24)15-10-21-19(27)22-16(15)25/h3-6,10,14,17,20H,2,7-9,11H2,1H3,(H2,21,22,25,27). The molecule has 9 nitrogen and oxygen atoms in total. The maximum atomic E-state index is 12.5. The quantitative estimate of drug-likeness (QED) is 0.637. The Morgan fingerprint density at radius 2 is 2.04 bits per heavy atom. The Morgan fingerprint density at radius 1 is 1.25 bits per heavy atom. The van der Waals surface area contributed by atoms with Crippen molar-refractivity contribution in [2.24, 2.45) is 0 Å². The van der Waals surface area contributed by atoms with Gasteiger partial charge < -0.3 is 19.9 Å². The van der Waals surface area contributed by atoms with Gasteiger partial charge in [-0.3, -0.25) is 14.7 Å². The maximum Gasteiger partial charge on any atom is 0.338 e. The van der Waals surface area contributed by atoms with E-state index in [4.69, 9.17) is 4.74 Å². The Hall–Kier alpha value is -2.91. The Kier molecular flexibility index (Phi) is 5.01. The van der Waals surface area contributed by atoms with Gasteiger partial charge in [0.25, 0.3) is 5.56 Å². The predicted molar refractivity (Wildman–Crippen MR) is 104 cm³/mol. The number of aromatic amines is 2. The first kappa shape index (κ1) is 18.5. The number of esters is 1. The molecule has 9 heteroatoms. The molecule has 2 unspecified atom stereocenters. The zero-order valence-electron chi connectivity index (χ0n) is 15.6. The number of benzene rings is 1. The normalized spacial score (nSPS) is 22.1. The fourth-order valence-corrected chi connectivity index (χ4v) is 3.98. The van der Waals surface area contributed by atoms with Crippen LogP contribution in [0.4, 0.5) is 5.69 Å². The van der Waals surface area contributed by atoms with Crippen molar-refractivity contribution >= 4 is 11.7 Å². The minimum Gasteiger partial charge on any atom is -0.462 e. The van der Waals surface area contributed by atoms with E-state index in [9.17, 15) is 14.4 Å². The topological polar surface area (TPSA) is 111 Å². The van der Waals surface area contributed by atoms with Crippen LogP contribution in [-0.2, 0) is 4.74 Å². The number of carbonyl (C=O) groups is 1. The van der Waals surface area contributed by atoms with Crippen molar-refractivity contribution in [1.29, 1.82) is 0 Å². The molecule has 0 saturated carbocycles. The Labute approximate surface area is 161 Å². The summed E-state index contributed by atoms with van der Waals surface area (Å²) in [5.74, 6) is -0.356. The third-order valence-electron chi connectivity index (χ3n) is 5.25. The monoisotopic (exact) mass is 385 g/mol. The maximum absolute atomic E-state index is 12.5. The molecule has 0 amide bonds. The first-order valence-corrected chi connectivity index (χ1v) is 9.40. The van der Waals surface area contributed by atoms with E-state index in [1.807, 2.05) is 12.1 Å². The molecule has 0 radical (unpaired) electrons. The fraction of sp³-hybridized carbons (Fsp3) is 0.421. The van der Waals surface area contributed by atoms with Crippen molar-refractivity contribution in [3.8, 4) is 0 Å². The minimum atomic E-state index is -0.519. The van der Waals surface area contributed by atoms with E-state index >= 15 is 0 Å². The molecule has 2 aliphatic heterocycles. The van der Waals surface area contributed by atoms with Crippen molar-refractivity contribution in [3.63, 3.8) is 0 Å². The summed E-state index contributed by atoms with van der Waals surface area (Å²) in [5.41, 5.74) is 0.981. The summed E-state index contributed by atoms with van der Waals surface area (Å²) < 4.78 is 5.04. The van der Waals surface area contributed by atoms with Gasteiger partial charge in [-0.25, -0.2) is 9.59 Å². The van der Waals surface area contributed by atoms with E-state index in [0.717, 1.165) is 31.9 Å². The highest BCUT2D eigenvalue weighted by molar-refractivity contribution is 5.89. The number of nitrogens with zero attached hydrogens (tertiary/aromatic N) is 2. The second-order valence-electron chi connectivity index (χ2n) is 6.92. The average molecular weight is 385 g/mol. The Morgan fingerprint density at radius 3 is 2.75 bits per heavy atom. The lowest BCUT2D eigenvalue weighted by molar-refractivity contribution is 0.0526. The molecule has 3 heterocycles. The van der Waals surface area contributed by atoms with E-state index in [1.165, 1.54) is 6.20 Å². The number of hydrogen-bond donors (Lipinski definition) is 3. The van der Waals surface area contributed by atoms with Gasteiger partial charge in [0.15, 0.2) is 0 Å². The highest BCUT2D eigenvalue weighted by atomic mass is 16.5. The molecule has 148 valence electrons. The lowest BCUT2D eigenvalue weighted by Crippen LogP contribution is -2.50. The van der Waals surface area contributed by atoms with Gasteiger partial charge in [-0.05, 0) is 31.2 Å². The van der Waals surface area contributed by atoms with Crippen molar-refractivity contribution in [2.75, 3.05) is 37.7 Å². The molecule has 1 aromatic carbocycles. The molecule has 0 aliphatic carbocycles. The highest BCUT2D eigenvalue weighted by Gasteiger charge is 2.42. The molecule has 2 atom stereocenters. The Balaban J connectivity index is 1.70. The van der Waals surface area contributed by atoms with Crippen LogP contribution in [0.1, 0.15) is 29.0 Å². The number of rotatable bonds is 4. The number of piperazine rings is 1. The van der Waals surface area contributed by atoms with Crippen molar-refractivity contribution in [3.05, 3.63) is 62.4 Å². The van der Waals surface area contributed by atoms with Crippen LogP contribution < -0.4 is 21.5 Å². The van der Waals surface area contributed by atoms with Gasteiger partial charge in [-0.2, -0.15) is 0 Å². The van der Waals surface area contributed by atoms with Gasteiger partial charge in [-0.15, -0.1) is 0 Å². The predicted octanol–water partition coefficient (Wildman–Crippen LogP) is 0.0325. The van der Waals surface area contributed by atoms with Gasteiger partial charge in [0.2, 0.25) is 0 Å². The number of aromatic nitrogens is 2. The van der Waals surface area contributed by atoms with Crippen molar-refractivity contribution in [2.45, 2.75) is 19.1 Å². The lowest BCUT2D eigenvalue weighted by atomic mass is 10.1. The number of hydrogen-bond acceptors (Lipinski definition) is 7. The van der Waals surface area contributed by atoms with Gasteiger partial charge in [-0.1, -0.05) is 0 Å². The summed E-state index contributed by atoms with van der Waals surface area (Å²) >= 11 is 0. The van der Waals surface area contributed by atoms with Crippen LogP contribution in [0.25, 0.3) is 0 Å². The van der Waals surface area contributed by atoms with Crippen LogP contribution in [0.15, 0.2) is 40.1 Å². The number of ether oxygens (including phenoxy) is 1. The molecule has 3 N–H and O–H groups in total. The molecule has 2 aliphatic rings. The molecule has 2 saturated heterocycles. The smallest absolute Gasteiger partial charge is 0.338 e. The van der Waals surface area contributed by atoms with Gasteiger partial charge in [0.1, 0.15) is 6.17 Å². The van der Waals surface area contributed by atoms with Crippen LogP contribution in [-0.4, -0.2) is 59.7 Å². The van der Waals surface area contributed by atoms with E-state index in [0.29, 0.717) is 17.7 Å².